The Morgan fingerprint density at radius 2 is 1.96 bits per heavy atom. The van der Waals surface area contributed by atoms with Crippen molar-refractivity contribution in [3.8, 4) is 0 Å². The third kappa shape index (κ3) is 4.94. The van der Waals surface area contributed by atoms with E-state index >= 15 is 0 Å². The smallest absolute Gasteiger partial charge is 0.294 e. The summed E-state index contributed by atoms with van der Waals surface area (Å²) in [7, 11) is 0. The lowest BCUT2D eigenvalue weighted by Crippen LogP contribution is -2.36. The summed E-state index contributed by atoms with van der Waals surface area (Å²) in [5, 5.41) is 2.83. The van der Waals surface area contributed by atoms with Gasteiger partial charge in [-0.3, -0.25) is 19.3 Å². The number of halogens is 1. The number of amides is 3. The lowest BCUT2D eigenvalue weighted by Gasteiger charge is -2.12. The first-order chi connectivity index (χ1) is 13.0. The third-order valence-corrected chi connectivity index (χ3v) is 5.58. The number of rotatable bonds is 5. The van der Waals surface area contributed by atoms with Crippen molar-refractivity contribution in [3.05, 3.63) is 64.0 Å². The van der Waals surface area contributed by atoms with E-state index in [4.69, 9.17) is 11.6 Å². The molecule has 0 aromatic heterocycles. The number of hydrogen-bond acceptors (Lipinski definition) is 5. The molecule has 0 aliphatic carbocycles. The fraction of sp³-hybridized carbons (Fsp3) is 0.105. The summed E-state index contributed by atoms with van der Waals surface area (Å²) >= 11 is 8.22. The maximum atomic E-state index is 12.5. The monoisotopic (exact) mass is 418 g/mol. The molecular weight excluding hydrogens is 404 g/mol. The van der Waals surface area contributed by atoms with Gasteiger partial charge in [-0.2, -0.15) is 0 Å². The van der Waals surface area contributed by atoms with E-state index in [2.05, 4.69) is 5.32 Å². The average Bonchev–Trinajstić information content (AvgIpc) is 2.91. The predicted octanol–water partition coefficient (Wildman–Crippen LogP) is 4.74. The molecule has 0 unspecified atom stereocenters. The molecule has 1 aliphatic heterocycles. The quantitative estimate of drug-likeness (QED) is 0.561. The van der Waals surface area contributed by atoms with E-state index in [1.807, 2.05) is 24.5 Å². The second-order valence-corrected chi connectivity index (χ2v) is 7.91. The molecule has 2 aromatic rings. The largest absolute Gasteiger partial charge is 0.324 e. The van der Waals surface area contributed by atoms with Crippen molar-refractivity contribution in [3.63, 3.8) is 0 Å². The van der Waals surface area contributed by atoms with Crippen LogP contribution in [0.1, 0.15) is 5.56 Å². The van der Waals surface area contributed by atoms with Gasteiger partial charge >= 0.3 is 0 Å². The van der Waals surface area contributed by atoms with E-state index in [-0.39, 0.29) is 11.4 Å². The Kier molecular flexibility index (Phi) is 6.26. The number of carbonyl (C=O) groups excluding carboxylic acids is 3. The molecule has 0 radical (unpaired) electrons. The standard InChI is InChI=1S/C19H15ClN2O3S2/c1-26-15-4-2-3-14(10-15)21-17(23)11-22-18(24)16(27-19(22)25)9-12-5-7-13(20)8-6-12/h2-10H,11H2,1H3,(H,21,23)/b16-9+. The van der Waals surface area contributed by atoms with Crippen molar-refractivity contribution in [2.24, 2.45) is 0 Å². The molecule has 0 saturated carbocycles. The van der Waals surface area contributed by atoms with Crippen LogP contribution in [0.15, 0.2) is 58.3 Å². The van der Waals surface area contributed by atoms with Gasteiger partial charge in [0.1, 0.15) is 6.54 Å². The molecule has 5 nitrogen and oxygen atoms in total. The molecule has 1 heterocycles. The lowest BCUT2D eigenvalue weighted by molar-refractivity contribution is -0.127. The first kappa shape index (κ1) is 19.5. The van der Waals surface area contributed by atoms with Crippen molar-refractivity contribution >= 4 is 63.9 Å². The molecule has 1 saturated heterocycles. The van der Waals surface area contributed by atoms with Gasteiger partial charge in [0.25, 0.3) is 11.1 Å². The zero-order valence-corrected chi connectivity index (χ0v) is 16.7. The predicted molar refractivity (Wildman–Crippen MR) is 111 cm³/mol. The van der Waals surface area contributed by atoms with Crippen LogP contribution < -0.4 is 5.32 Å². The average molecular weight is 419 g/mol. The molecule has 0 spiro atoms. The van der Waals surface area contributed by atoms with Crippen molar-refractivity contribution < 1.29 is 14.4 Å². The Morgan fingerprint density at radius 1 is 1.22 bits per heavy atom. The van der Waals surface area contributed by atoms with Crippen LogP contribution in [0, 0.1) is 0 Å². The third-order valence-electron chi connectivity index (χ3n) is 3.70. The van der Waals surface area contributed by atoms with Crippen molar-refractivity contribution in [1.29, 1.82) is 0 Å². The minimum Gasteiger partial charge on any atom is -0.324 e. The van der Waals surface area contributed by atoms with E-state index in [1.54, 1.807) is 48.2 Å². The van der Waals surface area contributed by atoms with Crippen LogP contribution in [0.3, 0.4) is 0 Å². The van der Waals surface area contributed by atoms with Crippen LogP contribution in [0.5, 0.6) is 0 Å². The first-order valence-electron chi connectivity index (χ1n) is 7.91. The molecule has 0 atom stereocenters. The van der Waals surface area contributed by atoms with Crippen LogP contribution in [0.25, 0.3) is 6.08 Å². The molecule has 0 bridgehead atoms. The Hall–Kier alpha value is -2.22. The summed E-state index contributed by atoms with van der Waals surface area (Å²) in [6.45, 7) is -0.327. The number of nitrogens with zero attached hydrogens (tertiary/aromatic N) is 1. The van der Waals surface area contributed by atoms with Gasteiger partial charge < -0.3 is 5.32 Å². The zero-order valence-electron chi connectivity index (χ0n) is 14.3. The van der Waals surface area contributed by atoms with Gasteiger partial charge in [0.2, 0.25) is 5.91 Å². The van der Waals surface area contributed by atoms with Crippen molar-refractivity contribution in [2.45, 2.75) is 4.90 Å². The molecule has 27 heavy (non-hydrogen) atoms. The normalized spacial score (nSPS) is 15.5. The van der Waals surface area contributed by atoms with E-state index in [1.165, 1.54) is 0 Å². The van der Waals surface area contributed by atoms with Crippen LogP contribution >= 0.6 is 35.1 Å². The maximum absolute atomic E-state index is 12.5. The SMILES string of the molecule is CSc1cccc(NC(=O)CN2C(=O)S/C(=C/c3ccc(Cl)cc3)C2=O)c1. The molecular formula is C19H15ClN2O3S2. The molecule has 1 fully saturated rings. The van der Waals surface area contributed by atoms with Crippen molar-refractivity contribution in [2.75, 3.05) is 18.1 Å². The summed E-state index contributed by atoms with van der Waals surface area (Å²) in [4.78, 5) is 39.1. The Bertz CT molecular complexity index is 929. The summed E-state index contributed by atoms with van der Waals surface area (Å²) in [5.74, 6) is -0.906. The summed E-state index contributed by atoms with van der Waals surface area (Å²) < 4.78 is 0. The summed E-state index contributed by atoms with van der Waals surface area (Å²) in [5.41, 5.74) is 1.37. The minimum atomic E-state index is -0.479. The van der Waals surface area contributed by atoms with Crippen LogP contribution in [-0.4, -0.2) is 34.8 Å². The van der Waals surface area contributed by atoms with Crippen LogP contribution in [0.2, 0.25) is 5.02 Å². The number of anilines is 1. The van der Waals surface area contributed by atoms with Crippen molar-refractivity contribution in [1.82, 2.24) is 4.90 Å². The molecule has 8 heteroatoms. The molecule has 3 amide bonds. The minimum absolute atomic E-state index is 0.277. The topological polar surface area (TPSA) is 66.5 Å². The lowest BCUT2D eigenvalue weighted by atomic mass is 10.2. The number of thioether (sulfide) groups is 2. The fourth-order valence-electron chi connectivity index (χ4n) is 2.39. The molecule has 138 valence electrons. The molecule has 3 rings (SSSR count). The van der Waals surface area contributed by atoms with Crippen LogP contribution in [-0.2, 0) is 9.59 Å². The van der Waals surface area contributed by atoms with Gasteiger partial charge in [-0.1, -0.05) is 29.8 Å². The van der Waals surface area contributed by atoms with Gasteiger partial charge in [0, 0.05) is 15.6 Å². The number of benzene rings is 2. The fourth-order valence-corrected chi connectivity index (χ4v) is 3.82. The second kappa shape index (κ2) is 8.65. The van der Waals surface area contributed by atoms with Gasteiger partial charge in [-0.15, -0.1) is 11.8 Å². The molecule has 2 aromatic carbocycles. The molecule has 1 aliphatic rings. The number of imide groups is 1. The second-order valence-electron chi connectivity index (χ2n) is 5.60. The van der Waals surface area contributed by atoms with Crippen LogP contribution in [0.4, 0.5) is 10.5 Å². The van der Waals surface area contributed by atoms with E-state index in [0.717, 1.165) is 27.1 Å². The first-order valence-corrected chi connectivity index (χ1v) is 10.3. The highest BCUT2D eigenvalue weighted by atomic mass is 35.5. The molecule has 1 N–H and O–H groups in total. The Balaban J connectivity index is 1.68. The van der Waals surface area contributed by atoms with Gasteiger partial charge in [-0.05, 0) is 60.0 Å². The maximum Gasteiger partial charge on any atom is 0.294 e. The van der Waals surface area contributed by atoms with Gasteiger partial charge in [-0.25, -0.2) is 0 Å². The van der Waals surface area contributed by atoms with E-state index in [0.29, 0.717) is 10.7 Å². The highest BCUT2D eigenvalue weighted by molar-refractivity contribution is 8.18. The highest BCUT2D eigenvalue weighted by Crippen LogP contribution is 2.32. The summed E-state index contributed by atoms with van der Waals surface area (Å²) in [6, 6.07) is 14.3. The van der Waals surface area contributed by atoms with E-state index < -0.39 is 17.1 Å². The van der Waals surface area contributed by atoms with Gasteiger partial charge in [0.15, 0.2) is 0 Å². The zero-order chi connectivity index (χ0) is 19.4. The highest BCUT2D eigenvalue weighted by Gasteiger charge is 2.36. The number of hydrogen-bond donors (Lipinski definition) is 1. The summed E-state index contributed by atoms with van der Waals surface area (Å²) in [6.07, 6.45) is 3.55. The Morgan fingerprint density at radius 3 is 2.67 bits per heavy atom. The Labute approximate surface area is 170 Å². The number of carbonyl (C=O) groups is 3. The van der Waals surface area contributed by atoms with E-state index in [9.17, 15) is 14.4 Å². The number of nitrogens with one attached hydrogen (secondary N) is 1. The van der Waals surface area contributed by atoms with Gasteiger partial charge in [0.05, 0.1) is 4.91 Å².